The van der Waals surface area contributed by atoms with Crippen molar-refractivity contribution in [1.82, 2.24) is 5.32 Å². The Kier molecular flexibility index (Phi) is 5.14. The van der Waals surface area contributed by atoms with Crippen molar-refractivity contribution in [3.05, 3.63) is 29.8 Å². The van der Waals surface area contributed by atoms with Gasteiger partial charge in [-0.2, -0.15) is 0 Å². The lowest BCUT2D eigenvalue weighted by molar-refractivity contribution is -0.120. The molecular weight excluding hydrogens is 258 g/mol. The summed E-state index contributed by atoms with van der Waals surface area (Å²) in [7, 11) is 0. The summed E-state index contributed by atoms with van der Waals surface area (Å²) < 4.78 is 5.66. The number of thioether (sulfide) groups is 1. The molecule has 1 unspecified atom stereocenters. The van der Waals surface area contributed by atoms with Crippen LogP contribution in [0.25, 0.3) is 0 Å². The molecule has 1 aliphatic rings. The highest BCUT2D eigenvalue weighted by molar-refractivity contribution is 8.00. The van der Waals surface area contributed by atoms with E-state index in [0.29, 0.717) is 12.6 Å². The maximum absolute atomic E-state index is 11.7. The number of ether oxygens (including phenoxy) is 1. The molecule has 0 heterocycles. The summed E-state index contributed by atoms with van der Waals surface area (Å²) >= 11 is 1.64. The van der Waals surface area contributed by atoms with Gasteiger partial charge in [0, 0.05) is 11.8 Å². The third-order valence-electron chi connectivity index (χ3n) is 3.00. The molecule has 104 valence electrons. The van der Waals surface area contributed by atoms with Crippen LogP contribution in [0.5, 0.6) is 5.75 Å². The van der Waals surface area contributed by atoms with E-state index >= 15 is 0 Å². The summed E-state index contributed by atoms with van der Waals surface area (Å²) in [5, 5.41) is 3.02. The Bertz CT molecular complexity index is 432. The molecule has 0 aromatic heterocycles. The van der Waals surface area contributed by atoms with Crippen LogP contribution < -0.4 is 10.1 Å². The van der Waals surface area contributed by atoms with Crippen molar-refractivity contribution >= 4 is 17.7 Å². The molecule has 2 rings (SSSR count). The van der Waals surface area contributed by atoms with Crippen LogP contribution in [0.4, 0.5) is 0 Å². The molecule has 3 nitrogen and oxygen atoms in total. The fraction of sp³-hybridized carbons (Fsp3) is 0.533. The summed E-state index contributed by atoms with van der Waals surface area (Å²) in [5.41, 5.74) is 1.20. The van der Waals surface area contributed by atoms with Crippen LogP contribution in [-0.2, 0) is 4.79 Å². The Hall–Kier alpha value is -1.16. The number of rotatable bonds is 7. The number of nitrogens with one attached hydrogen (secondary N) is 1. The van der Waals surface area contributed by atoms with E-state index in [9.17, 15) is 4.79 Å². The van der Waals surface area contributed by atoms with Gasteiger partial charge in [-0.05, 0) is 44.4 Å². The largest absolute Gasteiger partial charge is 0.493 e. The van der Waals surface area contributed by atoms with E-state index in [1.165, 1.54) is 5.56 Å². The van der Waals surface area contributed by atoms with E-state index in [2.05, 4.69) is 5.32 Å². The van der Waals surface area contributed by atoms with E-state index in [0.717, 1.165) is 24.3 Å². The van der Waals surface area contributed by atoms with Crippen molar-refractivity contribution in [2.75, 3.05) is 12.4 Å². The number of benzene rings is 1. The lowest BCUT2D eigenvalue weighted by Crippen LogP contribution is -2.32. The lowest BCUT2D eigenvalue weighted by atomic mass is 10.2. The van der Waals surface area contributed by atoms with E-state index in [4.69, 9.17) is 4.74 Å². The molecule has 1 fully saturated rings. The smallest absolute Gasteiger partial charge is 0.233 e. The van der Waals surface area contributed by atoms with Crippen molar-refractivity contribution in [2.24, 2.45) is 0 Å². The molecule has 1 N–H and O–H groups in total. The summed E-state index contributed by atoms with van der Waals surface area (Å²) in [4.78, 5) is 11.7. The van der Waals surface area contributed by atoms with Crippen LogP contribution in [0, 0.1) is 6.92 Å². The molecule has 0 saturated heterocycles. The molecule has 0 aliphatic heterocycles. The second-order valence-electron chi connectivity index (χ2n) is 4.96. The third-order valence-corrected chi connectivity index (χ3v) is 4.12. The highest BCUT2D eigenvalue weighted by Gasteiger charge is 2.25. The second kappa shape index (κ2) is 6.85. The number of amides is 1. The first-order valence-electron chi connectivity index (χ1n) is 6.76. The monoisotopic (exact) mass is 279 g/mol. The van der Waals surface area contributed by atoms with Crippen LogP contribution in [0.2, 0.25) is 0 Å². The first-order chi connectivity index (χ1) is 9.15. The SMILES string of the molecule is Cc1cccc(OCCSC(C)C(=O)NC2CC2)c1. The Labute approximate surface area is 119 Å². The van der Waals surface area contributed by atoms with Gasteiger partial charge in [0.2, 0.25) is 5.91 Å². The first-order valence-corrected chi connectivity index (χ1v) is 7.81. The molecule has 1 aromatic rings. The van der Waals surface area contributed by atoms with Crippen molar-refractivity contribution < 1.29 is 9.53 Å². The minimum Gasteiger partial charge on any atom is -0.493 e. The fourth-order valence-electron chi connectivity index (χ4n) is 1.71. The van der Waals surface area contributed by atoms with Gasteiger partial charge in [0.15, 0.2) is 0 Å². The number of aryl methyl sites for hydroxylation is 1. The van der Waals surface area contributed by atoms with Gasteiger partial charge in [-0.1, -0.05) is 12.1 Å². The van der Waals surface area contributed by atoms with Gasteiger partial charge < -0.3 is 10.1 Å². The summed E-state index contributed by atoms with van der Waals surface area (Å²) in [6.07, 6.45) is 2.28. The van der Waals surface area contributed by atoms with Gasteiger partial charge in [0.05, 0.1) is 11.9 Å². The van der Waals surface area contributed by atoms with Crippen molar-refractivity contribution in [2.45, 2.75) is 38.0 Å². The second-order valence-corrected chi connectivity index (χ2v) is 6.41. The molecule has 1 aromatic carbocycles. The van der Waals surface area contributed by atoms with Gasteiger partial charge in [0.1, 0.15) is 5.75 Å². The van der Waals surface area contributed by atoms with E-state index in [1.807, 2.05) is 38.1 Å². The van der Waals surface area contributed by atoms with E-state index in [-0.39, 0.29) is 11.2 Å². The number of hydrogen-bond donors (Lipinski definition) is 1. The van der Waals surface area contributed by atoms with Crippen molar-refractivity contribution in [1.29, 1.82) is 0 Å². The fourth-order valence-corrected chi connectivity index (χ4v) is 2.46. The number of carbonyl (C=O) groups is 1. The first kappa shape index (κ1) is 14.3. The Morgan fingerprint density at radius 1 is 1.53 bits per heavy atom. The van der Waals surface area contributed by atoms with Gasteiger partial charge in [-0.25, -0.2) is 0 Å². The minimum atomic E-state index is 0.00158. The average molecular weight is 279 g/mol. The summed E-state index contributed by atoms with van der Waals surface area (Å²) in [6.45, 7) is 4.64. The molecule has 19 heavy (non-hydrogen) atoms. The zero-order chi connectivity index (χ0) is 13.7. The van der Waals surface area contributed by atoms with E-state index < -0.39 is 0 Å². The summed E-state index contributed by atoms with van der Waals surface area (Å²) in [5.74, 6) is 1.88. The van der Waals surface area contributed by atoms with Crippen molar-refractivity contribution in [3.8, 4) is 5.75 Å². The maximum Gasteiger partial charge on any atom is 0.233 e. The van der Waals surface area contributed by atoms with E-state index in [1.54, 1.807) is 11.8 Å². The molecule has 1 aliphatic carbocycles. The average Bonchev–Trinajstić information content (AvgIpc) is 3.18. The Balaban J connectivity index is 1.61. The zero-order valence-corrected chi connectivity index (χ0v) is 12.3. The van der Waals surface area contributed by atoms with Gasteiger partial charge in [-0.3, -0.25) is 4.79 Å². The zero-order valence-electron chi connectivity index (χ0n) is 11.5. The van der Waals surface area contributed by atoms with Crippen LogP contribution in [0.3, 0.4) is 0 Å². The predicted octanol–water partition coefficient (Wildman–Crippen LogP) is 2.77. The molecule has 0 radical (unpaired) electrons. The molecule has 0 bridgehead atoms. The molecule has 4 heteroatoms. The van der Waals surface area contributed by atoms with Crippen LogP contribution >= 0.6 is 11.8 Å². The van der Waals surface area contributed by atoms with Crippen LogP contribution in [-0.4, -0.2) is 29.6 Å². The number of carbonyl (C=O) groups excluding carboxylic acids is 1. The molecule has 1 amide bonds. The summed E-state index contributed by atoms with van der Waals surface area (Å²) in [6, 6.07) is 8.46. The molecule has 1 saturated carbocycles. The molecule has 1 atom stereocenters. The third kappa shape index (κ3) is 5.15. The normalized spacial score (nSPS) is 15.9. The van der Waals surface area contributed by atoms with Crippen molar-refractivity contribution in [3.63, 3.8) is 0 Å². The Morgan fingerprint density at radius 3 is 3.00 bits per heavy atom. The topological polar surface area (TPSA) is 38.3 Å². The predicted molar refractivity (Wildman–Crippen MR) is 79.8 cm³/mol. The standard InChI is InChI=1S/C15H21NO2S/c1-11-4-3-5-14(10-11)18-8-9-19-12(2)15(17)16-13-6-7-13/h3-5,10,12-13H,6-9H2,1-2H3,(H,16,17). The van der Waals surface area contributed by atoms with Gasteiger partial charge in [-0.15, -0.1) is 11.8 Å². The highest BCUT2D eigenvalue weighted by atomic mass is 32.2. The number of hydrogen-bond acceptors (Lipinski definition) is 3. The molecule has 0 spiro atoms. The van der Waals surface area contributed by atoms with Gasteiger partial charge in [0.25, 0.3) is 0 Å². The maximum atomic E-state index is 11.7. The van der Waals surface area contributed by atoms with Crippen LogP contribution in [0.1, 0.15) is 25.3 Å². The minimum absolute atomic E-state index is 0.00158. The highest BCUT2D eigenvalue weighted by Crippen LogP contribution is 2.20. The molecular formula is C15H21NO2S. The van der Waals surface area contributed by atoms with Gasteiger partial charge >= 0.3 is 0 Å². The quantitative estimate of drug-likeness (QED) is 0.780. The van der Waals surface area contributed by atoms with Crippen LogP contribution in [0.15, 0.2) is 24.3 Å². The Morgan fingerprint density at radius 2 is 2.32 bits per heavy atom. The lowest BCUT2D eigenvalue weighted by Gasteiger charge is -2.12.